The van der Waals surface area contributed by atoms with Crippen molar-refractivity contribution in [1.29, 1.82) is 0 Å². The molecule has 0 radical (unpaired) electrons. The number of thioether (sulfide) groups is 1. The molecule has 3 rings (SSSR count). The zero-order chi connectivity index (χ0) is 13.8. The first-order chi connectivity index (χ1) is 9.86. The van der Waals surface area contributed by atoms with Crippen molar-refractivity contribution in [2.24, 2.45) is 5.84 Å². The van der Waals surface area contributed by atoms with E-state index in [0.717, 1.165) is 17.9 Å². The third-order valence-corrected chi connectivity index (χ3v) is 4.64. The van der Waals surface area contributed by atoms with Gasteiger partial charge in [-0.15, -0.1) is 11.8 Å². The molecule has 104 valence electrons. The molecule has 2 atom stereocenters. The zero-order valence-corrected chi connectivity index (χ0v) is 12.0. The Morgan fingerprint density at radius 1 is 1.15 bits per heavy atom. The summed E-state index contributed by atoms with van der Waals surface area (Å²) >= 11 is 1.83. The van der Waals surface area contributed by atoms with Crippen molar-refractivity contribution < 1.29 is 4.74 Å². The maximum atomic E-state index is 6.09. The van der Waals surface area contributed by atoms with Gasteiger partial charge in [0, 0.05) is 10.6 Å². The molecule has 3 nitrogen and oxygen atoms in total. The summed E-state index contributed by atoms with van der Waals surface area (Å²) in [4.78, 5) is 1.21. The van der Waals surface area contributed by atoms with Gasteiger partial charge in [0.2, 0.25) is 0 Å². The minimum absolute atomic E-state index is 0.0834. The summed E-state index contributed by atoms with van der Waals surface area (Å²) in [6.07, 6.45) is 0.949. The van der Waals surface area contributed by atoms with Crippen molar-refractivity contribution in [2.45, 2.75) is 23.5 Å². The second kappa shape index (κ2) is 6.31. The van der Waals surface area contributed by atoms with Gasteiger partial charge in [0.05, 0.1) is 6.04 Å². The van der Waals surface area contributed by atoms with Crippen LogP contribution in [-0.4, -0.2) is 17.9 Å². The molecule has 2 aromatic carbocycles. The Labute approximate surface area is 123 Å². The van der Waals surface area contributed by atoms with Crippen molar-refractivity contribution in [3.63, 3.8) is 0 Å². The molecule has 0 saturated heterocycles. The van der Waals surface area contributed by atoms with E-state index in [9.17, 15) is 0 Å². The van der Waals surface area contributed by atoms with Gasteiger partial charge >= 0.3 is 0 Å². The van der Waals surface area contributed by atoms with Crippen LogP contribution >= 0.6 is 11.8 Å². The quantitative estimate of drug-likeness (QED) is 0.670. The molecule has 4 heteroatoms. The molecule has 20 heavy (non-hydrogen) atoms. The smallest absolute Gasteiger partial charge is 0.133 e. The maximum Gasteiger partial charge on any atom is 0.133 e. The van der Waals surface area contributed by atoms with E-state index in [4.69, 9.17) is 10.6 Å². The number of para-hydroxylation sites is 1. The minimum Gasteiger partial charge on any atom is -0.487 e. The van der Waals surface area contributed by atoms with Crippen molar-refractivity contribution >= 4 is 11.8 Å². The van der Waals surface area contributed by atoms with Gasteiger partial charge in [0.25, 0.3) is 0 Å². The Kier molecular flexibility index (Phi) is 4.25. The van der Waals surface area contributed by atoms with Gasteiger partial charge in [-0.2, -0.15) is 0 Å². The van der Waals surface area contributed by atoms with Gasteiger partial charge in [0.15, 0.2) is 0 Å². The highest BCUT2D eigenvalue weighted by Gasteiger charge is 2.27. The van der Waals surface area contributed by atoms with Crippen LogP contribution in [0, 0.1) is 0 Å². The van der Waals surface area contributed by atoms with E-state index in [1.54, 1.807) is 0 Å². The lowest BCUT2D eigenvalue weighted by Gasteiger charge is -2.31. The Bertz CT molecular complexity index is 561. The average molecular weight is 286 g/mol. The topological polar surface area (TPSA) is 47.3 Å². The lowest BCUT2D eigenvalue weighted by molar-refractivity contribution is 0.165. The normalized spacial score (nSPS) is 18.9. The van der Waals surface area contributed by atoms with Crippen LogP contribution in [0.5, 0.6) is 5.75 Å². The fourth-order valence-corrected chi connectivity index (χ4v) is 3.48. The molecule has 0 spiro atoms. The molecule has 0 saturated carbocycles. The molecule has 2 unspecified atom stereocenters. The molecule has 0 aromatic heterocycles. The summed E-state index contributed by atoms with van der Waals surface area (Å²) in [6.45, 7) is 0. The summed E-state index contributed by atoms with van der Waals surface area (Å²) in [7, 11) is 0. The molecule has 1 heterocycles. The van der Waals surface area contributed by atoms with Crippen LogP contribution < -0.4 is 16.0 Å². The molecule has 0 fully saturated rings. The number of hydrogen-bond donors (Lipinski definition) is 2. The number of rotatable bonds is 4. The first kappa shape index (κ1) is 13.5. The molecule has 0 amide bonds. The molecule has 2 aromatic rings. The summed E-state index contributed by atoms with van der Waals surface area (Å²) in [6, 6.07) is 18.6. The standard InChI is InChI=1S/C16H18N2OS/c17-18-13(10-12-6-2-1-3-7-12)15-11-20-16-9-5-4-8-14(16)19-15/h1-9,13,15,18H,10-11,17H2. The predicted octanol–water partition coefficient (Wildman–Crippen LogP) is 2.61. The number of ether oxygens (including phenoxy) is 1. The van der Waals surface area contributed by atoms with Crippen molar-refractivity contribution in [3.8, 4) is 5.75 Å². The molecule has 0 bridgehead atoms. The van der Waals surface area contributed by atoms with Crippen LogP contribution in [-0.2, 0) is 6.42 Å². The number of hydrogen-bond acceptors (Lipinski definition) is 4. The number of nitrogens with one attached hydrogen (secondary N) is 1. The zero-order valence-electron chi connectivity index (χ0n) is 11.2. The molecule has 1 aliphatic heterocycles. The summed E-state index contributed by atoms with van der Waals surface area (Å²) < 4.78 is 6.09. The van der Waals surface area contributed by atoms with Crippen molar-refractivity contribution in [1.82, 2.24) is 5.43 Å². The van der Waals surface area contributed by atoms with E-state index in [2.05, 4.69) is 35.8 Å². The summed E-state index contributed by atoms with van der Waals surface area (Å²) in [5.41, 5.74) is 4.18. The summed E-state index contributed by atoms with van der Waals surface area (Å²) in [5, 5.41) is 0. The lowest BCUT2D eigenvalue weighted by Crippen LogP contribution is -2.50. The van der Waals surface area contributed by atoms with E-state index in [1.165, 1.54) is 10.5 Å². The Hall–Kier alpha value is -1.49. The van der Waals surface area contributed by atoms with Crippen LogP contribution in [0.15, 0.2) is 59.5 Å². The third-order valence-electron chi connectivity index (χ3n) is 3.49. The van der Waals surface area contributed by atoms with Crippen LogP contribution in [0.25, 0.3) is 0 Å². The number of fused-ring (bicyclic) bond motifs is 1. The minimum atomic E-state index is 0.0834. The highest BCUT2D eigenvalue weighted by Crippen LogP contribution is 2.35. The van der Waals surface area contributed by atoms with Crippen LogP contribution in [0.4, 0.5) is 0 Å². The Morgan fingerprint density at radius 2 is 1.90 bits per heavy atom. The monoisotopic (exact) mass is 286 g/mol. The van der Waals surface area contributed by atoms with E-state index in [1.807, 2.05) is 36.0 Å². The fourth-order valence-electron chi connectivity index (χ4n) is 2.40. The largest absolute Gasteiger partial charge is 0.487 e. The van der Waals surface area contributed by atoms with E-state index >= 15 is 0 Å². The maximum absolute atomic E-state index is 6.09. The number of nitrogens with two attached hydrogens (primary N) is 1. The molecule has 1 aliphatic rings. The third kappa shape index (κ3) is 2.98. The Balaban J connectivity index is 1.72. The first-order valence-corrected chi connectivity index (χ1v) is 7.74. The second-order valence-electron chi connectivity index (χ2n) is 4.88. The molecule has 0 aliphatic carbocycles. The van der Waals surface area contributed by atoms with Gasteiger partial charge in [-0.3, -0.25) is 11.3 Å². The van der Waals surface area contributed by atoms with Crippen LogP contribution in [0.2, 0.25) is 0 Å². The lowest BCUT2D eigenvalue weighted by atomic mass is 10.0. The van der Waals surface area contributed by atoms with Crippen molar-refractivity contribution in [3.05, 3.63) is 60.2 Å². The van der Waals surface area contributed by atoms with Crippen molar-refractivity contribution in [2.75, 3.05) is 5.75 Å². The highest BCUT2D eigenvalue weighted by molar-refractivity contribution is 7.99. The summed E-state index contributed by atoms with van der Waals surface area (Å²) in [5.74, 6) is 7.61. The average Bonchev–Trinajstić information content (AvgIpc) is 2.53. The van der Waals surface area contributed by atoms with Gasteiger partial charge in [0.1, 0.15) is 11.9 Å². The molecule has 3 N–H and O–H groups in total. The SMILES string of the molecule is NNC(Cc1ccccc1)C1CSc2ccccc2O1. The van der Waals surface area contributed by atoms with Crippen LogP contribution in [0.1, 0.15) is 5.56 Å². The van der Waals surface area contributed by atoms with Gasteiger partial charge < -0.3 is 4.74 Å². The van der Waals surface area contributed by atoms with Gasteiger partial charge in [-0.25, -0.2) is 0 Å². The molecular formula is C16H18N2OS. The second-order valence-corrected chi connectivity index (χ2v) is 5.94. The number of benzene rings is 2. The van der Waals surface area contributed by atoms with Crippen LogP contribution in [0.3, 0.4) is 0 Å². The fraction of sp³-hybridized carbons (Fsp3) is 0.250. The van der Waals surface area contributed by atoms with Gasteiger partial charge in [-0.05, 0) is 24.1 Å². The number of hydrazine groups is 1. The van der Waals surface area contributed by atoms with Gasteiger partial charge in [-0.1, -0.05) is 42.5 Å². The first-order valence-electron chi connectivity index (χ1n) is 6.75. The Morgan fingerprint density at radius 3 is 2.70 bits per heavy atom. The molecular weight excluding hydrogens is 268 g/mol. The van der Waals surface area contributed by atoms with E-state index in [-0.39, 0.29) is 12.1 Å². The van der Waals surface area contributed by atoms with E-state index < -0.39 is 0 Å². The van der Waals surface area contributed by atoms with E-state index in [0.29, 0.717) is 0 Å². The highest BCUT2D eigenvalue weighted by atomic mass is 32.2. The predicted molar refractivity (Wildman–Crippen MR) is 82.8 cm³/mol.